The highest BCUT2D eigenvalue weighted by atomic mass is 35.5. The van der Waals surface area contributed by atoms with Crippen LogP contribution in [0.2, 0.25) is 5.02 Å². The fraction of sp³-hybridized carbons (Fsp3) is 0.435. The van der Waals surface area contributed by atoms with E-state index in [0.29, 0.717) is 42.4 Å². The molecule has 3 rings (SSSR count). The van der Waals surface area contributed by atoms with E-state index in [9.17, 15) is 13.2 Å². The van der Waals surface area contributed by atoms with Crippen molar-refractivity contribution in [2.45, 2.75) is 37.6 Å². The van der Waals surface area contributed by atoms with Crippen molar-refractivity contribution in [1.29, 1.82) is 0 Å². The molecule has 10 heteroatoms. The molecule has 33 heavy (non-hydrogen) atoms. The first kappa shape index (κ1) is 25.1. The van der Waals surface area contributed by atoms with Crippen molar-refractivity contribution >= 4 is 27.6 Å². The number of carbonyl (C=O) groups excluding carboxylic acids is 1. The largest absolute Gasteiger partial charge is 0.495 e. The van der Waals surface area contributed by atoms with Crippen molar-refractivity contribution in [3.05, 3.63) is 46.5 Å². The van der Waals surface area contributed by atoms with E-state index in [1.165, 1.54) is 36.7 Å². The number of sulfonamides is 1. The van der Waals surface area contributed by atoms with E-state index in [4.69, 9.17) is 30.5 Å². The van der Waals surface area contributed by atoms with Crippen molar-refractivity contribution < 1.29 is 32.2 Å². The monoisotopic (exact) mass is 497 g/mol. The molecule has 0 aliphatic carbocycles. The van der Waals surface area contributed by atoms with Crippen LogP contribution in [-0.4, -0.2) is 52.7 Å². The molecule has 0 spiro atoms. The molecule has 1 atom stereocenters. The second-order valence-electron chi connectivity index (χ2n) is 7.32. The summed E-state index contributed by atoms with van der Waals surface area (Å²) in [6.45, 7) is 4.78. The lowest BCUT2D eigenvalue weighted by Gasteiger charge is -2.36. The average Bonchev–Trinajstić information content (AvgIpc) is 2.79. The Bertz CT molecular complexity index is 1120. The number of fused-ring (bicyclic) bond motifs is 1. The van der Waals surface area contributed by atoms with Gasteiger partial charge in [-0.1, -0.05) is 11.6 Å². The summed E-state index contributed by atoms with van der Waals surface area (Å²) in [4.78, 5) is 12.3. The Kier molecular flexibility index (Phi) is 8.10. The van der Waals surface area contributed by atoms with Gasteiger partial charge in [0.1, 0.15) is 5.75 Å². The second kappa shape index (κ2) is 10.6. The summed E-state index contributed by atoms with van der Waals surface area (Å²) >= 11 is 6.19. The van der Waals surface area contributed by atoms with E-state index < -0.39 is 22.0 Å². The van der Waals surface area contributed by atoms with Gasteiger partial charge < -0.3 is 18.9 Å². The van der Waals surface area contributed by atoms with Gasteiger partial charge in [-0.25, -0.2) is 8.42 Å². The van der Waals surface area contributed by atoms with E-state index in [1.807, 2.05) is 19.9 Å². The lowest BCUT2D eigenvalue weighted by molar-refractivity contribution is -0.141. The van der Waals surface area contributed by atoms with Crippen LogP contribution >= 0.6 is 11.6 Å². The molecule has 1 aliphatic rings. The summed E-state index contributed by atoms with van der Waals surface area (Å²) in [6.07, 6.45) is 0.300. The Hall–Kier alpha value is -2.49. The molecule has 0 fully saturated rings. The molecule has 0 bridgehead atoms. The van der Waals surface area contributed by atoms with E-state index in [1.54, 1.807) is 6.07 Å². The van der Waals surface area contributed by atoms with E-state index in [2.05, 4.69) is 0 Å². The molecule has 0 saturated heterocycles. The standard InChI is InChI=1S/C23H28ClNO7S/c1-5-31-21-11-15-9-10-25(33(27,28)16-7-8-20(29-3)18(24)12-16)19(14-23(26)30-4)17(15)13-22(21)32-6-2/h7-8,11-13,19H,5-6,9-10,14H2,1-4H3/t19-/m0/s1. The number of ether oxygens (including phenoxy) is 4. The summed E-state index contributed by atoms with van der Waals surface area (Å²) < 4.78 is 50.0. The van der Waals surface area contributed by atoms with Crippen molar-refractivity contribution in [3.8, 4) is 17.2 Å². The molecule has 0 unspecified atom stereocenters. The number of hydrogen-bond acceptors (Lipinski definition) is 7. The van der Waals surface area contributed by atoms with Gasteiger partial charge in [-0.15, -0.1) is 0 Å². The van der Waals surface area contributed by atoms with E-state index >= 15 is 0 Å². The predicted molar refractivity (Wildman–Crippen MR) is 124 cm³/mol. The number of esters is 1. The van der Waals surface area contributed by atoms with Crippen LogP contribution in [0.15, 0.2) is 35.2 Å². The van der Waals surface area contributed by atoms with Crippen LogP contribution in [0.4, 0.5) is 0 Å². The minimum absolute atomic E-state index is 0.0163. The number of nitrogens with zero attached hydrogens (tertiary/aromatic N) is 1. The predicted octanol–water partition coefficient (Wildman–Crippen LogP) is 4.00. The van der Waals surface area contributed by atoms with Gasteiger partial charge in [-0.05, 0) is 61.7 Å². The lowest BCUT2D eigenvalue weighted by Crippen LogP contribution is -2.41. The molecule has 2 aromatic rings. The number of benzene rings is 2. The zero-order valence-electron chi connectivity index (χ0n) is 19.1. The van der Waals surface area contributed by atoms with Crippen molar-refractivity contribution in [1.82, 2.24) is 4.31 Å². The lowest BCUT2D eigenvalue weighted by atomic mass is 9.91. The van der Waals surface area contributed by atoms with Gasteiger partial charge in [0.15, 0.2) is 11.5 Å². The maximum atomic E-state index is 13.6. The minimum atomic E-state index is -3.99. The Morgan fingerprint density at radius 2 is 1.73 bits per heavy atom. The highest BCUT2D eigenvalue weighted by Crippen LogP contribution is 2.42. The minimum Gasteiger partial charge on any atom is -0.495 e. The number of rotatable bonds is 9. The highest BCUT2D eigenvalue weighted by molar-refractivity contribution is 7.89. The van der Waals surface area contributed by atoms with Gasteiger partial charge in [-0.2, -0.15) is 4.31 Å². The van der Waals surface area contributed by atoms with Crippen LogP contribution in [0.3, 0.4) is 0 Å². The normalized spacial score (nSPS) is 16.1. The van der Waals surface area contributed by atoms with Crippen molar-refractivity contribution in [2.24, 2.45) is 0 Å². The summed E-state index contributed by atoms with van der Waals surface area (Å²) in [5.74, 6) is 0.941. The number of halogens is 1. The molecule has 0 radical (unpaired) electrons. The van der Waals surface area contributed by atoms with Crippen LogP contribution in [0.1, 0.15) is 37.4 Å². The van der Waals surface area contributed by atoms with Crippen LogP contribution < -0.4 is 14.2 Å². The summed E-state index contributed by atoms with van der Waals surface area (Å²) in [5.41, 5.74) is 1.58. The third-order valence-electron chi connectivity index (χ3n) is 5.43. The highest BCUT2D eigenvalue weighted by Gasteiger charge is 2.39. The molecule has 0 saturated carbocycles. The zero-order valence-corrected chi connectivity index (χ0v) is 20.7. The Morgan fingerprint density at radius 1 is 1.06 bits per heavy atom. The van der Waals surface area contributed by atoms with Gasteiger partial charge in [-0.3, -0.25) is 4.79 Å². The van der Waals surface area contributed by atoms with Crippen LogP contribution in [0.25, 0.3) is 0 Å². The smallest absolute Gasteiger partial charge is 0.307 e. The number of methoxy groups -OCH3 is 2. The molecule has 180 valence electrons. The first-order chi connectivity index (χ1) is 15.8. The maximum absolute atomic E-state index is 13.6. The maximum Gasteiger partial charge on any atom is 0.307 e. The molecule has 0 amide bonds. The number of hydrogen-bond donors (Lipinski definition) is 0. The quantitative estimate of drug-likeness (QED) is 0.483. The van der Waals surface area contributed by atoms with Gasteiger partial charge in [0.2, 0.25) is 10.0 Å². The topological polar surface area (TPSA) is 91.4 Å². The van der Waals surface area contributed by atoms with Crippen LogP contribution in [0.5, 0.6) is 17.2 Å². The molecular weight excluding hydrogens is 470 g/mol. The third-order valence-corrected chi connectivity index (χ3v) is 7.63. The Balaban J connectivity index is 2.11. The van der Waals surface area contributed by atoms with Gasteiger partial charge in [0, 0.05) is 6.54 Å². The molecular formula is C23H28ClNO7S. The Labute approximate surface area is 199 Å². The molecule has 1 heterocycles. The summed E-state index contributed by atoms with van der Waals surface area (Å²) in [7, 11) is -1.26. The summed E-state index contributed by atoms with van der Waals surface area (Å²) in [5, 5.41) is 0.181. The molecule has 0 N–H and O–H groups in total. The van der Waals surface area contributed by atoms with E-state index in [-0.39, 0.29) is 22.9 Å². The van der Waals surface area contributed by atoms with Crippen molar-refractivity contribution in [2.75, 3.05) is 34.0 Å². The average molecular weight is 498 g/mol. The van der Waals surface area contributed by atoms with Gasteiger partial charge in [0.25, 0.3) is 0 Å². The Morgan fingerprint density at radius 3 is 2.30 bits per heavy atom. The molecule has 2 aromatic carbocycles. The molecule has 1 aliphatic heterocycles. The number of carbonyl (C=O) groups is 1. The molecule has 8 nitrogen and oxygen atoms in total. The third kappa shape index (κ3) is 5.20. The zero-order chi connectivity index (χ0) is 24.2. The van der Waals surface area contributed by atoms with Crippen molar-refractivity contribution in [3.63, 3.8) is 0 Å². The van der Waals surface area contributed by atoms with Crippen LogP contribution in [0, 0.1) is 0 Å². The second-order valence-corrected chi connectivity index (χ2v) is 9.62. The fourth-order valence-corrected chi connectivity index (χ4v) is 5.86. The van der Waals surface area contributed by atoms with Gasteiger partial charge in [0.05, 0.1) is 49.8 Å². The SMILES string of the molecule is CCOc1cc2c(cc1OCC)[C@H](CC(=O)OC)N(S(=O)(=O)c1ccc(OC)c(Cl)c1)CC2. The van der Waals surface area contributed by atoms with Crippen LogP contribution in [-0.2, 0) is 26.0 Å². The van der Waals surface area contributed by atoms with Gasteiger partial charge >= 0.3 is 5.97 Å². The van der Waals surface area contributed by atoms with E-state index in [0.717, 1.165) is 5.56 Å². The first-order valence-electron chi connectivity index (χ1n) is 10.6. The molecule has 0 aromatic heterocycles. The first-order valence-corrected chi connectivity index (χ1v) is 12.4. The fourth-order valence-electron chi connectivity index (χ4n) is 3.91. The summed E-state index contributed by atoms with van der Waals surface area (Å²) in [6, 6.07) is 7.15.